The van der Waals surface area contributed by atoms with Crippen molar-refractivity contribution >= 4 is 29.2 Å². The lowest BCUT2D eigenvalue weighted by Crippen LogP contribution is -2.51. The first-order chi connectivity index (χ1) is 23.1. The summed E-state index contributed by atoms with van der Waals surface area (Å²) in [5.74, 6) is -0.0461. The summed E-state index contributed by atoms with van der Waals surface area (Å²) >= 11 is 0. The minimum absolute atomic E-state index is 0.176. The SMILES string of the molecule is CC(C)(C)OC(=O)N1CCN(CCC2(O)CCN(c3ccc(NC(=O)C4CCN(c5ccc(C#N)c(C(F)(F)F)c5)CC4)nc3)CC2)CC1. The molecule has 0 spiro atoms. The van der Waals surface area contributed by atoms with Crippen LogP contribution in [0.3, 0.4) is 0 Å². The van der Waals surface area contributed by atoms with Crippen molar-refractivity contribution in [2.75, 3.05) is 74.0 Å². The number of piperidine rings is 2. The molecule has 3 saturated heterocycles. The zero-order valence-electron chi connectivity index (χ0n) is 28.4. The third-order valence-corrected chi connectivity index (χ3v) is 9.64. The molecule has 3 aliphatic rings. The van der Waals surface area contributed by atoms with Crippen LogP contribution < -0.4 is 15.1 Å². The molecule has 0 radical (unpaired) electrons. The summed E-state index contributed by atoms with van der Waals surface area (Å²) in [5.41, 5.74) is -1.34. The van der Waals surface area contributed by atoms with Crippen LogP contribution in [-0.2, 0) is 15.7 Å². The number of anilines is 3. The average molecular weight is 686 g/mol. The van der Waals surface area contributed by atoms with Crippen LogP contribution in [0.5, 0.6) is 0 Å². The first kappa shape index (κ1) is 36.2. The zero-order valence-corrected chi connectivity index (χ0v) is 28.4. The van der Waals surface area contributed by atoms with Gasteiger partial charge in [-0.05, 0) is 83.2 Å². The molecule has 2 aromatic rings. The number of aliphatic hydroxyl groups is 1. The number of ether oxygens (including phenoxy) is 1. The number of piperazine rings is 1. The van der Waals surface area contributed by atoms with Crippen LogP contribution in [0, 0.1) is 17.2 Å². The number of halogens is 3. The number of carbonyl (C=O) groups excluding carboxylic acids is 2. The second-order valence-corrected chi connectivity index (χ2v) is 14.3. The Morgan fingerprint density at radius 2 is 1.61 bits per heavy atom. The van der Waals surface area contributed by atoms with Gasteiger partial charge >= 0.3 is 12.3 Å². The third-order valence-electron chi connectivity index (χ3n) is 9.64. The van der Waals surface area contributed by atoms with Gasteiger partial charge < -0.3 is 29.9 Å². The van der Waals surface area contributed by atoms with E-state index in [9.17, 15) is 27.9 Å². The maximum atomic E-state index is 13.4. The van der Waals surface area contributed by atoms with E-state index in [2.05, 4.69) is 20.1 Å². The lowest BCUT2D eigenvalue weighted by Gasteiger charge is -2.41. The van der Waals surface area contributed by atoms with E-state index in [0.29, 0.717) is 82.9 Å². The van der Waals surface area contributed by atoms with Crippen molar-refractivity contribution in [3.8, 4) is 6.07 Å². The van der Waals surface area contributed by atoms with Gasteiger partial charge in [0.2, 0.25) is 5.91 Å². The summed E-state index contributed by atoms with van der Waals surface area (Å²) in [7, 11) is 0. The lowest BCUT2D eigenvalue weighted by atomic mass is 9.87. The highest BCUT2D eigenvalue weighted by atomic mass is 19.4. The number of aromatic nitrogens is 1. The van der Waals surface area contributed by atoms with Gasteiger partial charge in [-0.25, -0.2) is 9.78 Å². The highest BCUT2D eigenvalue weighted by Crippen LogP contribution is 2.36. The first-order valence-electron chi connectivity index (χ1n) is 16.9. The van der Waals surface area contributed by atoms with Crippen LogP contribution >= 0.6 is 0 Å². The summed E-state index contributed by atoms with van der Waals surface area (Å²) in [6.07, 6.45) is -0.313. The summed E-state index contributed by atoms with van der Waals surface area (Å²) in [5, 5.41) is 23.2. The molecule has 2 amide bonds. The maximum Gasteiger partial charge on any atom is 0.417 e. The number of nitrogens with zero attached hydrogens (tertiary/aromatic N) is 6. The van der Waals surface area contributed by atoms with Gasteiger partial charge in [0.15, 0.2) is 0 Å². The van der Waals surface area contributed by atoms with Crippen molar-refractivity contribution in [2.45, 2.75) is 70.3 Å². The van der Waals surface area contributed by atoms with Crippen LogP contribution in [0.25, 0.3) is 0 Å². The fourth-order valence-electron chi connectivity index (χ4n) is 6.61. The Morgan fingerprint density at radius 3 is 2.18 bits per heavy atom. The molecule has 11 nitrogen and oxygen atoms in total. The fraction of sp³-hybridized carbons (Fsp3) is 0.600. The van der Waals surface area contributed by atoms with Gasteiger partial charge in [0.1, 0.15) is 11.4 Å². The van der Waals surface area contributed by atoms with Gasteiger partial charge in [-0.2, -0.15) is 18.4 Å². The van der Waals surface area contributed by atoms with E-state index in [4.69, 9.17) is 10.00 Å². The number of nitriles is 1. The molecular weight excluding hydrogens is 639 g/mol. The van der Waals surface area contributed by atoms with Gasteiger partial charge in [-0.3, -0.25) is 9.69 Å². The van der Waals surface area contributed by atoms with E-state index in [1.54, 1.807) is 23.2 Å². The number of hydrogen-bond acceptors (Lipinski definition) is 9. The summed E-state index contributed by atoms with van der Waals surface area (Å²) in [6, 6.07) is 8.98. The van der Waals surface area contributed by atoms with Crippen LogP contribution in [-0.4, -0.2) is 102 Å². The summed E-state index contributed by atoms with van der Waals surface area (Å²) in [4.78, 5) is 37.8. The molecule has 266 valence electrons. The molecule has 1 aromatic carbocycles. The average Bonchev–Trinajstić information content (AvgIpc) is 3.07. The molecular formula is C35H46F3N7O4. The zero-order chi connectivity index (χ0) is 35.4. The van der Waals surface area contributed by atoms with Gasteiger partial charge in [0, 0.05) is 70.5 Å². The first-order valence-corrected chi connectivity index (χ1v) is 16.9. The van der Waals surface area contributed by atoms with Crippen LogP contribution in [0.15, 0.2) is 36.5 Å². The molecule has 1 aromatic heterocycles. The standard InChI is InChI=1S/C35H46F3N7O4/c1-33(2,3)49-32(47)45-20-18-42(19-21-45)15-10-34(48)11-16-44(17-12-34)28-6-7-30(40-24-28)41-31(46)25-8-13-43(14-9-25)27-5-4-26(23-39)29(22-27)35(36,37)38/h4-7,22,24-25,48H,8-21H2,1-3H3,(H,40,41,46). The maximum absolute atomic E-state index is 13.4. The number of pyridine rings is 1. The number of benzene rings is 1. The van der Waals surface area contributed by atoms with Crippen molar-refractivity contribution in [1.82, 2.24) is 14.8 Å². The van der Waals surface area contributed by atoms with Crippen molar-refractivity contribution in [1.29, 1.82) is 5.26 Å². The van der Waals surface area contributed by atoms with Crippen LogP contribution in [0.4, 0.5) is 35.2 Å². The molecule has 4 heterocycles. The minimum Gasteiger partial charge on any atom is -0.444 e. The Kier molecular flexibility index (Phi) is 10.9. The van der Waals surface area contributed by atoms with Crippen LogP contribution in [0.2, 0.25) is 0 Å². The second kappa shape index (κ2) is 14.8. The second-order valence-electron chi connectivity index (χ2n) is 14.3. The van der Waals surface area contributed by atoms with E-state index in [1.807, 2.05) is 31.7 Å². The number of nitrogens with one attached hydrogen (secondary N) is 1. The molecule has 3 fully saturated rings. The number of amides is 2. The van der Waals surface area contributed by atoms with Crippen molar-refractivity contribution < 1.29 is 32.6 Å². The monoisotopic (exact) mass is 685 g/mol. The lowest BCUT2D eigenvalue weighted by molar-refractivity contribution is -0.137. The molecule has 5 rings (SSSR count). The molecule has 3 aliphatic heterocycles. The molecule has 0 bridgehead atoms. The molecule has 0 unspecified atom stereocenters. The van der Waals surface area contributed by atoms with Crippen molar-refractivity contribution in [2.24, 2.45) is 5.92 Å². The Bertz CT molecular complexity index is 1500. The normalized spacial score (nSPS) is 19.3. The van der Waals surface area contributed by atoms with E-state index in [0.717, 1.165) is 31.4 Å². The number of rotatable bonds is 7. The minimum atomic E-state index is -4.62. The largest absolute Gasteiger partial charge is 0.444 e. The van der Waals surface area contributed by atoms with E-state index >= 15 is 0 Å². The van der Waals surface area contributed by atoms with Crippen LogP contribution in [0.1, 0.15) is 64.0 Å². The predicted octanol–water partition coefficient (Wildman–Crippen LogP) is 5.10. The Labute approximate surface area is 285 Å². The predicted molar refractivity (Wildman–Crippen MR) is 179 cm³/mol. The summed E-state index contributed by atoms with van der Waals surface area (Å²) in [6.45, 7) is 11.3. The molecule has 49 heavy (non-hydrogen) atoms. The van der Waals surface area contributed by atoms with Crippen molar-refractivity contribution in [3.05, 3.63) is 47.7 Å². The van der Waals surface area contributed by atoms with Gasteiger partial charge in [0.25, 0.3) is 0 Å². The number of alkyl halides is 3. The van der Waals surface area contributed by atoms with Crippen molar-refractivity contribution in [3.63, 3.8) is 0 Å². The van der Waals surface area contributed by atoms with E-state index in [-0.39, 0.29) is 17.9 Å². The smallest absolute Gasteiger partial charge is 0.417 e. The highest BCUT2D eigenvalue weighted by Gasteiger charge is 2.36. The molecule has 0 aliphatic carbocycles. The number of carbonyl (C=O) groups is 2. The highest BCUT2D eigenvalue weighted by molar-refractivity contribution is 5.92. The Hall–Kier alpha value is -4.09. The summed E-state index contributed by atoms with van der Waals surface area (Å²) < 4.78 is 45.7. The van der Waals surface area contributed by atoms with Gasteiger partial charge in [-0.1, -0.05) is 0 Å². The van der Waals surface area contributed by atoms with E-state index in [1.165, 1.54) is 12.1 Å². The number of hydrogen-bond donors (Lipinski definition) is 2. The Balaban J connectivity index is 1.03. The van der Waals surface area contributed by atoms with Gasteiger partial charge in [0.05, 0.1) is 34.7 Å². The molecule has 14 heteroatoms. The molecule has 0 saturated carbocycles. The molecule has 2 N–H and O–H groups in total. The van der Waals surface area contributed by atoms with E-state index < -0.39 is 28.5 Å². The molecule has 0 atom stereocenters. The quantitative estimate of drug-likeness (QED) is 0.410. The van der Waals surface area contributed by atoms with Gasteiger partial charge in [-0.15, -0.1) is 0 Å². The Morgan fingerprint density at radius 1 is 0.980 bits per heavy atom. The third kappa shape index (κ3) is 9.54. The fourth-order valence-corrected chi connectivity index (χ4v) is 6.61. The topological polar surface area (TPSA) is 125 Å².